The molecule has 0 aliphatic heterocycles. The molecule has 4 heteroatoms. The molecule has 0 aliphatic carbocycles. The zero-order valence-corrected chi connectivity index (χ0v) is 10.3. The number of nitrogens with one attached hydrogen (secondary N) is 1. The van der Waals surface area contributed by atoms with Crippen LogP contribution in [0.3, 0.4) is 0 Å². The first-order chi connectivity index (χ1) is 7.77. The number of benzene rings is 1. The lowest BCUT2D eigenvalue weighted by Gasteiger charge is -2.16. The summed E-state index contributed by atoms with van der Waals surface area (Å²) in [4.78, 5) is 0. The van der Waals surface area contributed by atoms with Crippen molar-refractivity contribution in [1.29, 1.82) is 0 Å². The van der Waals surface area contributed by atoms with Crippen molar-refractivity contribution in [2.45, 2.75) is 25.8 Å². The average Bonchev–Trinajstić information content (AvgIpc) is 2.29. The van der Waals surface area contributed by atoms with Crippen molar-refractivity contribution in [2.24, 2.45) is 5.84 Å². The van der Waals surface area contributed by atoms with Crippen LogP contribution in [0.15, 0.2) is 24.3 Å². The Balaban J connectivity index is 2.47. The first-order valence-corrected chi connectivity index (χ1v) is 5.95. The van der Waals surface area contributed by atoms with Crippen LogP contribution in [0.2, 0.25) is 5.02 Å². The second-order valence-electron chi connectivity index (χ2n) is 3.61. The van der Waals surface area contributed by atoms with E-state index in [1.165, 1.54) is 0 Å². The predicted octanol–water partition coefficient (Wildman–Crippen LogP) is 2.66. The highest BCUT2D eigenvalue weighted by Gasteiger charge is 2.09. The van der Waals surface area contributed by atoms with Crippen molar-refractivity contribution in [3.05, 3.63) is 34.9 Å². The number of halogens is 1. The lowest BCUT2D eigenvalue weighted by atomic mass is 10.0. The molecule has 0 fully saturated rings. The zero-order chi connectivity index (χ0) is 11.8. The summed E-state index contributed by atoms with van der Waals surface area (Å²) in [5.41, 5.74) is 3.93. The largest absolute Gasteiger partial charge is 0.382 e. The van der Waals surface area contributed by atoms with Gasteiger partial charge in [-0.05, 0) is 37.5 Å². The van der Waals surface area contributed by atoms with Gasteiger partial charge in [-0.1, -0.05) is 23.7 Å². The monoisotopic (exact) mass is 242 g/mol. The fraction of sp³-hybridized carbons (Fsp3) is 0.500. The lowest BCUT2D eigenvalue weighted by molar-refractivity contribution is 0.141. The van der Waals surface area contributed by atoms with Crippen LogP contribution in [0.25, 0.3) is 0 Å². The van der Waals surface area contributed by atoms with Gasteiger partial charge in [-0.2, -0.15) is 0 Å². The smallest absolute Gasteiger partial charge is 0.0466 e. The van der Waals surface area contributed by atoms with Crippen LogP contribution in [-0.4, -0.2) is 13.2 Å². The Kier molecular flexibility index (Phi) is 6.42. The third-order valence-corrected chi connectivity index (χ3v) is 2.67. The van der Waals surface area contributed by atoms with Crippen LogP contribution >= 0.6 is 11.6 Å². The van der Waals surface area contributed by atoms with E-state index in [1.807, 2.05) is 31.2 Å². The summed E-state index contributed by atoms with van der Waals surface area (Å²) in [5.74, 6) is 5.54. The van der Waals surface area contributed by atoms with Gasteiger partial charge in [0.1, 0.15) is 0 Å². The molecular formula is C12H19ClN2O. The van der Waals surface area contributed by atoms with Gasteiger partial charge in [0.2, 0.25) is 0 Å². The molecule has 1 rings (SSSR count). The summed E-state index contributed by atoms with van der Waals surface area (Å²) in [6, 6.07) is 7.90. The van der Waals surface area contributed by atoms with Gasteiger partial charge >= 0.3 is 0 Å². The van der Waals surface area contributed by atoms with E-state index in [0.717, 1.165) is 36.6 Å². The minimum atomic E-state index is 0.138. The number of nitrogens with two attached hydrogens (primary N) is 1. The Morgan fingerprint density at radius 2 is 2.31 bits per heavy atom. The van der Waals surface area contributed by atoms with Crippen molar-refractivity contribution < 1.29 is 4.74 Å². The minimum absolute atomic E-state index is 0.138. The summed E-state index contributed by atoms with van der Waals surface area (Å²) in [6.45, 7) is 3.53. The molecular weight excluding hydrogens is 224 g/mol. The van der Waals surface area contributed by atoms with Gasteiger partial charge < -0.3 is 4.74 Å². The molecule has 0 spiro atoms. The third kappa shape index (κ3) is 4.49. The number of hydrogen-bond donors (Lipinski definition) is 2. The Bertz CT molecular complexity index is 307. The maximum atomic E-state index is 5.94. The van der Waals surface area contributed by atoms with Crippen LogP contribution in [0.1, 0.15) is 31.4 Å². The molecule has 0 aromatic heterocycles. The Labute approximate surface area is 102 Å². The first kappa shape index (κ1) is 13.5. The van der Waals surface area contributed by atoms with E-state index in [-0.39, 0.29) is 6.04 Å². The van der Waals surface area contributed by atoms with E-state index >= 15 is 0 Å². The van der Waals surface area contributed by atoms with Crippen LogP contribution in [0, 0.1) is 0 Å². The van der Waals surface area contributed by atoms with E-state index in [2.05, 4.69) is 5.43 Å². The topological polar surface area (TPSA) is 47.3 Å². The van der Waals surface area contributed by atoms with E-state index in [0.29, 0.717) is 0 Å². The molecule has 3 N–H and O–H groups in total. The number of ether oxygens (including phenoxy) is 1. The maximum Gasteiger partial charge on any atom is 0.0466 e. The molecule has 0 amide bonds. The molecule has 16 heavy (non-hydrogen) atoms. The van der Waals surface area contributed by atoms with Crippen LogP contribution in [0.5, 0.6) is 0 Å². The zero-order valence-electron chi connectivity index (χ0n) is 9.58. The summed E-state index contributed by atoms with van der Waals surface area (Å²) >= 11 is 5.94. The van der Waals surface area contributed by atoms with Crippen LogP contribution in [-0.2, 0) is 4.74 Å². The minimum Gasteiger partial charge on any atom is -0.382 e. The van der Waals surface area contributed by atoms with Crippen molar-refractivity contribution in [2.75, 3.05) is 13.2 Å². The first-order valence-electron chi connectivity index (χ1n) is 5.57. The summed E-state index contributed by atoms with van der Waals surface area (Å²) in [5, 5.41) is 0.738. The summed E-state index contributed by atoms with van der Waals surface area (Å²) in [6.07, 6.45) is 1.92. The average molecular weight is 243 g/mol. The van der Waals surface area contributed by atoms with Crippen LogP contribution in [0.4, 0.5) is 0 Å². The van der Waals surface area contributed by atoms with Gasteiger partial charge in [0.25, 0.3) is 0 Å². The van der Waals surface area contributed by atoms with E-state index < -0.39 is 0 Å². The second-order valence-corrected chi connectivity index (χ2v) is 4.05. The molecule has 0 saturated carbocycles. The number of hydrogen-bond acceptors (Lipinski definition) is 3. The van der Waals surface area contributed by atoms with E-state index in [9.17, 15) is 0 Å². The maximum absolute atomic E-state index is 5.94. The highest BCUT2D eigenvalue weighted by atomic mass is 35.5. The van der Waals surface area contributed by atoms with E-state index in [4.69, 9.17) is 22.2 Å². The summed E-state index contributed by atoms with van der Waals surface area (Å²) < 4.78 is 5.29. The molecule has 0 saturated heterocycles. The van der Waals surface area contributed by atoms with Crippen molar-refractivity contribution in [3.63, 3.8) is 0 Å². The number of rotatable bonds is 7. The number of hydrazine groups is 1. The van der Waals surface area contributed by atoms with E-state index in [1.54, 1.807) is 0 Å². The quantitative estimate of drug-likeness (QED) is 0.439. The normalized spacial score (nSPS) is 12.7. The molecule has 90 valence electrons. The standard InChI is InChI=1S/C12H19ClN2O/c1-2-16-8-4-7-12(15-14)10-5-3-6-11(13)9-10/h3,5-6,9,12,15H,2,4,7-8,14H2,1H3. The predicted molar refractivity (Wildman–Crippen MR) is 67.2 cm³/mol. The Hall–Kier alpha value is -0.610. The lowest BCUT2D eigenvalue weighted by Crippen LogP contribution is -2.28. The fourth-order valence-electron chi connectivity index (χ4n) is 1.60. The van der Waals surface area contributed by atoms with Gasteiger partial charge in [0.05, 0.1) is 0 Å². The Morgan fingerprint density at radius 3 is 2.94 bits per heavy atom. The third-order valence-electron chi connectivity index (χ3n) is 2.44. The molecule has 1 unspecified atom stereocenters. The van der Waals surface area contributed by atoms with Crippen molar-refractivity contribution >= 4 is 11.6 Å². The highest BCUT2D eigenvalue weighted by Crippen LogP contribution is 2.20. The molecule has 1 atom stereocenters. The SMILES string of the molecule is CCOCCCC(NN)c1cccc(Cl)c1. The van der Waals surface area contributed by atoms with Gasteiger partial charge in [0, 0.05) is 24.3 Å². The molecule has 0 aliphatic rings. The molecule has 3 nitrogen and oxygen atoms in total. The fourth-order valence-corrected chi connectivity index (χ4v) is 1.80. The van der Waals surface area contributed by atoms with Gasteiger partial charge in [-0.25, -0.2) is 0 Å². The van der Waals surface area contributed by atoms with Crippen molar-refractivity contribution in [3.8, 4) is 0 Å². The van der Waals surface area contributed by atoms with Crippen molar-refractivity contribution in [1.82, 2.24) is 5.43 Å². The molecule has 0 bridgehead atoms. The Morgan fingerprint density at radius 1 is 1.50 bits per heavy atom. The molecule has 1 aromatic rings. The second kappa shape index (κ2) is 7.63. The van der Waals surface area contributed by atoms with Gasteiger partial charge in [0.15, 0.2) is 0 Å². The van der Waals surface area contributed by atoms with Gasteiger partial charge in [-0.15, -0.1) is 0 Å². The highest BCUT2D eigenvalue weighted by molar-refractivity contribution is 6.30. The molecule has 0 radical (unpaired) electrons. The molecule has 0 heterocycles. The van der Waals surface area contributed by atoms with Crippen LogP contribution < -0.4 is 11.3 Å². The molecule has 1 aromatic carbocycles. The summed E-state index contributed by atoms with van der Waals surface area (Å²) in [7, 11) is 0. The van der Waals surface area contributed by atoms with Gasteiger partial charge in [-0.3, -0.25) is 11.3 Å².